The molecule has 0 unspecified atom stereocenters. The lowest BCUT2D eigenvalue weighted by Gasteiger charge is -2.72. The Bertz CT molecular complexity index is 2430. The first-order valence-electron chi connectivity index (χ1n) is 28.5. The van der Waals surface area contributed by atoms with Crippen molar-refractivity contribution < 1.29 is 37.3 Å². The molecule has 11 nitrogen and oxygen atoms in total. The number of nitrogens with zero attached hydrogens (tertiary/aromatic N) is 2. The molecule has 0 aromatic carbocycles. The van der Waals surface area contributed by atoms with Gasteiger partial charge in [0.05, 0.1) is 10.9 Å². The number of pyridine rings is 1. The maximum atomic E-state index is 14.2. The minimum absolute atomic E-state index is 0.0142. The van der Waals surface area contributed by atoms with Gasteiger partial charge in [-0.3, -0.25) is 9.59 Å². The normalized spacial score (nSPS) is 37.7. The number of nitrogens with one attached hydrogen (secondary N) is 1. The number of nitriles is 1. The predicted molar refractivity (Wildman–Crippen MR) is 287 cm³/mol. The Kier molecular flexibility index (Phi) is 16.4. The van der Waals surface area contributed by atoms with Gasteiger partial charge in [-0.1, -0.05) is 91.5 Å². The third-order valence-corrected chi connectivity index (χ3v) is 23.5. The molecule has 0 saturated heterocycles. The molecular formula is C61H91N3O8S. The molecule has 0 spiro atoms. The SMILES string of the molecule is C=C(C)[C@@H]1CC[C@]2(NCCC3(O)CCC(S(C)(=O)=O)CC3)CC[C@]3(C)[C@H](CC[C@@H]4[C@@]5(C)CC=C(C6=CC[C@@](COc7ncccc7C#N)(C(=O)OCOC(=O)CCCCCCC)CC6)C(C)(C)[C@@H]5CC[C@]43C)[C@@H]12. The van der Waals surface area contributed by atoms with Gasteiger partial charge in [-0.15, -0.1) is 0 Å². The summed E-state index contributed by atoms with van der Waals surface area (Å²) >= 11 is 0. The van der Waals surface area contributed by atoms with Crippen LogP contribution < -0.4 is 10.1 Å². The van der Waals surface area contributed by atoms with E-state index in [1.807, 2.05) is 0 Å². The van der Waals surface area contributed by atoms with Crippen LogP contribution in [0.2, 0.25) is 0 Å². The van der Waals surface area contributed by atoms with E-state index in [1.54, 1.807) is 18.3 Å². The molecule has 7 aliphatic rings. The van der Waals surface area contributed by atoms with Crippen molar-refractivity contribution in [1.82, 2.24) is 10.3 Å². The summed E-state index contributed by atoms with van der Waals surface area (Å²) in [5.74, 6) is 1.98. The first-order valence-corrected chi connectivity index (χ1v) is 30.5. The molecule has 0 aliphatic heterocycles. The average Bonchev–Trinajstić information content (AvgIpc) is 3.73. The fourth-order valence-corrected chi connectivity index (χ4v) is 18.6. The van der Waals surface area contributed by atoms with Crippen molar-refractivity contribution in [3.63, 3.8) is 0 Å². The van der Waals surface area contributed by atoms with Gasteiger partial charge in [0.25, 0.3) is 0 Å². The monoisotopic (exact) mass is 1030 g/mol. The van der Waals surface area contributed by atoms with Crippen molar-refractivity contribution in [2.45, 2.75) is 213 Å². The van der Waals surface area contributed by atoms with Crippen LogP contribution in [0.1, 0.15) is 202 Å². The van der Waals surface area contributed by atoms with E-state index in [2.05, 4.69) is 83.6 Å². The second-order valence-electron chi connectivity index (χ2n) is 26.0. The number of hydrogen-bond acceptors (Lipinski definition) is 11. The molecule has 404 valence electrons. The highest BCUT2D eigenvalue weighted by Crippen LogP contribution is 2.76. The summed E-state index contributed by atoms with van der Waals surface area (Å²) in [5.41, 5.74) is 2.86. The molecule has 10 atom stereocenters. The van der Waals surface area contributed by atoms with Crippen molar-refractivity contribution in [1.29, 1.82) is 5.26 Å². The Hall–Kier alpha value is -3.53. The van der Waals surface area contributed by atoms with Gasteiger partial charge >= 0.3 is 11.9 Å². The molecule has 1 aromatic rings. The largest absolute Gasteiger partial charge is 0.475 e. The van der Waals surface area contributed by atoms with Gasteiger partial charge in [0.2, 0.25) is 12.7 Å². The summed E-state index contributed by atoms with van der Waals surface area (Å²) in [6.07, 6.45) is 28.0. The van der Waals surface area contributed by atoms with Crippen LogP contribution >= 0.6 is 0 Å². The molecule has 1 aromatic heterocycles. The molecule has 8 rings (SSSR count). The third-order valence-electron chi connectivity index (χ3n) is 21.8. The topological polar surface area (TPSA) is 165 Å². The number of aromatic nitrogens is 1. The third kappa shape index (κ3) is 10.5. The lowest BCUT2D eigenvalue weighted by atomic mass is 9.33. The number of unbranched alkanes of at least 4 members (excludes halogenated alkanes) is 4. The van der Waals surface area contributed by atoms with Crippen LogP contribution in [-0.2, 0) is 28.9 Å². The van der Waals surface area contributed by atoms with Gasteiger partial charge in [-0.05, 0) is 204 Å². The van der Waals surface area contributed by atoms with Crippen LogP contribution in [0.5, 0.6) is 5.88 Å². The summed E-state index contributed by atoms with van der Waals surface area (Å²) in [6.45, 7) is 22.3. The molecular weight excluding hydrogens is 935 g/mol. The number of ether oxygens (including phenoxy) is 3. The quantitative estimate of drug-likeness (QED) is 0.0586. The lowest BCUT2D eigenvalue weighted by molar-refractivity contribution is -0.221. The molecule has 5 fully saturated rings. The number of hydrogen-bond donors (Lipinski definition) is 2. The second-order valence-corrected chi connectivity index (χ2v) is 28.3. The summed E-state index contributed by atoms with van der Waals surface area (Å²) in [4.78, 5) is 31.0. The molecule has 2 N–H and O–H groups in total. The van der Waals surface area contributed by atoms with Crippen LogP contribution in [0.4, 0.5) is 0 Å². The molecule has 0 amide bonds. The number of rotatable bonds is 19. The summed E-state index contributed by atoms with van der Waals surface area (Å²) in [6, 6.07) is 5.49. The highest BCUT2D eigenvalue weighted by Gasteiger charge is 2.70. The van der Waals surface area contributed by atoms with Crippen molar-refractivity contribution in [2.75, 3.05) is 26.2 Å². The van der Waals surface area contributed by atoms with E-state index in [0.29, 0.717) is 92.9 Å². The van der Waals surface area contributed by atoms with Gasteiger partial charge in [-0.2, -0.15) is 5.26 Å². The van der Waals surface area contributed by atoms with Gasteiger partial charge in [0.15, 0.2) is 0 Å². The number of allylic oxidation sites excluding steroid dienone is 5. The van der Waals surface area contributed by atoms with E-state index < -0.39 is 33.6 Å². The fourth-order valence-electron chi connectivity index (χ4n) is 17.5. The van der Waals surface area contributed by atoms with Crippen molar-refractivity contribution in [3.05, 3.63) is 59.3 Å². The molecule has 73 heavy (non-hydrogen) atoms. The van der Waals surface area contributed by atoms with Crippen LogP contribution in [0.25, 0.3) is 0 Å². The zero-order chi connectivity index (χ0) is 52.7. The molecule has 0 radical (unpaired) electrons. The number of carbonyl (C=O) groups is 2. The van der Waals surface area contributed by atoms with E-state index >= 15 is 0 Å². The van der Waals surface area contributed by atoms with Crippen molar-refractivity contribution in [2.24, 2.45) is 56.7 Å². The zero-order valence-corrected chi connectivity index (χ0v) is 46.9. The Labute approximate surface area is 439 Å². The van der Waals surface area contributed by atoms with E-state index in [4.69, 9.17) is 14.2 Å². The Morgan fingerprint density at radius 2 is 1.64 bits per heavy atom. The van der Waals surface area contributed by atoms with Crippen LogP contribution in [0.15, 0.2) is 53.8 Å². The number of esters is 2. The maximum Gasteiger partial charge on any atom is 0.318 e. The van der Waals surface area contributed by atoms with Gasteiger partial charge in [0.1, 0.15) is 33.5 Å². The highest BCUT2D eigenvalue weighted by atomic mass is 32.2. The standard InChI is InChI=1S/C61H91N3O8S/c1-10-11-12-13-14-17-51(65)71-41-72-54(66)59(40-70-53-44(39-62)16-15-37-63-53)29-20-43(21-30-59)47-25-27-56(6)49(55(47,4)5)26-28-58(8)50(56)19-18-48-52-46(42(2)3)24-33-61(52,35-34-57(48,58)7)64-38-36-60(67)31-22-45(23-32-60)73(9,68)69/h15-16,20,25,37,45-46,48-50,52,64,67H,2,10-14,17-19,21-24,26-36,38,40-41H2,1,3-9H3/t45?,46-,48+,49-,50+,52+,56-,57+,58+,59+,60?,61-/m0/s1. The van der Waals surface area contributed by atoms with Gasteiger partial charge in [0, 0.05) is 24.4 Å². The number of sulfone groups is 1. The summed E-state index contributed by atoms with van der Waals surface area (Å²) < 4.78 is 41.9. The Balaban J connectivity index is 0.976. The van der Waals surface area contributed by atoms with Gasteiger partial charge < -0.3 is 24.6 Å². The second kappa shape index (κ2) is 21.5. The number of fused-ring (bicyclic) bond motifs is 7. The first kappa shape index (κ1) is 55.7. The molecule has 7 aliphatic carbocycles. The number of carbonyl (C=O) groups excluding carboxylic acids is 2. The zero-order valence-electron chi connectivity index (χ0n) is 46.1. The van der Waals surface area contributed by atoms with Crippen LogP contribution in [0.3, 0.4) is 0 Å². The van der Waals surface area contributed by atoms with Crippen LogP contribution in [-0.4, -0.2) is 73.0 Å². The van der Waals surface area contributed by atoms with Crippen molar-refractivity contribution >= 4 is 21.8 Å². The van der Waals surface area contributed by atoms with Crippen molar-refractivity contribution in [3.8, 4) is 11.9 Å². The number of aliphatic hydroxyl groups is 1. The van der Waals surface area contributed by atoms with E-state index in [0.717, 1.165) is 64.3 Å². The molecule has 5 saturated carbocycles. The maximum absolute atomic E-state index is 14.2. The minimum atomic E-state index is -3.09. The fraction of sp³-hybridized carbons (Fsp3) is 0.770. The van der Waals surface area contributed by atoms with Gasteiger partial charge in [-0.25, -0.2) is 13.4 Å². The molecule has 12 heteroatoms. The minimum Gasteiger partial charge on any atom is -0.475 e. The summed E-state index contributed by atoms with van der Waals surface area (Å²) in [7, 11) is -3.09. The predicted octanol–water partition coefficient (Wildman–Crippen LogP) is 12.5. The Morgan fingerprint density at radius 3 is 2.33 bits per heavy atom. The highest BCUT2D eigenvalue weighted by molar-refractivity contribution is 7.91. The van der Waals surface area contributed by atoms with Crippen LogP contribution in [0, 0.1) is 68.0 Å². The first-order chi connectivity index (χ1) is 34.5. The average molecular weight is 1030 g/mol. The van der Waals surface area contributed by atoms with E-state index in [9.17, 15) is 28.4 Å². The smallest absolute Gasteiger partial charge is 0.318 e. The molecule has 0 bridgehead atoms. The Morgan fingerprint density at radius 1 is 0.890 bits per heavy atom. The lowest BCUT2D eigenvalue weighted by Crippen LogP contribution is -2.68. The van der Waals surface area contributed by atoms with E-state index in [-0.39, 0.29) is 50.9 Å². The molecule has 1 heterocycles. The van der Waals surface area contributed by atoms with E-state index in [1.165, 1.54) is 55.1 Å². The summed E-state index contributed by atoms with van der Waals surface area (Å²) in [5, 5.41) is 25.3.